The van der Waals surface area contributed by atoms with Gasteiger partial charge in [0, 0.05) is 6.07 Å². The second-order valence-corrected chi connectivity index (χ2v) is 5.09. The molecule has 3 rings (SSSR count). The van der Waals surface area contributed by atoms with Crippen LogP contribution in [0.4, 0.5) is 5.82 Å². The van der Waals surface area contributed by atoms with E-state index in [1.54, 1.807) is 10.6 Å². The van der Waals surface area contributed by atoms with Gasteiger partial charge in [-0.15, -0.1) is 0 Å². The second kappa shape index (κ2) is 4.37. The Balaban J connectivity index is 2.01. The molecule has 2 N–H and O–H groups in total. The van der Waals surface area contributed by atoms with Crippen molar-refractivity contribution >= 4 is 23.2 Å². The summed E-state index contributed by atoms with van der Waals surface area (Å²) in [6.45, 7) is 0.100. The summed E-state index contributed by atoms with van der Waals surface area (Å²) in [5.41, 5.74) is -0.274. The summed E-state index contributed by atoms with van der Waals surface area (Å²) in [5, 5.41) is 17.4. The molecule has 2 heterocycles. The molecule has 0 saturated heterocycles. The molecule has 0 spiro atoms. The molecule has 0 unspecified atom stereocenters. The Labute approximate surface area is 109 Å². The van der Waals surface area contributed by atoms with Crippen LogP contribution in [0.15, 0.2) is 12.4 Å². The molecule has 6 nitrogen and oxygen atoms in total. The zero-order chi connectivity index (χ0) is 12.6. The third kappa shape index (κ3) is 1.91. The first-order valence-electron chi connectivity index (χ1n) is 5.98. The maximum absolute atomic E-state index is 9.61. The maximum Gasteiger partial charge on any atom is 0.255 e. The number of halogens is 1. The summed E-state index contributed by atoms with van der Waals surface area (Å²) in [7, 11) is 0. The lowest BCUT2D eigenvalue weighted by atomic mass is 9.99. The molecule has 1 aliphatic carbocycles. The van der Waals surface area contributed by atoms with Crippen molar-refractivity contribution in [2.75, 3.05) is 11.9 Å². The third-order valence-corrected chi connectivity index (χ3v) is 3.67. The molecular formula is C11H14ClN5O. The lowest BCUT2D eigenvalue weighted by Gasteiger charge is -2.29. The van der Waals surface area contributed by atoms with Crippen LogP contribution in [0.25, 0.3) is 5.78 Å². The summed E-state index contributed by atoms with van der Waals surface area (Å²) in [6.07, 6.45) is 5.56. The first kappa shape index (κ1) is 11.7. The van der Waals surface area contributed by atoms with Crippen LogP contribution >= 0.6 is 11.6 Å². The average Bonchev–Trinajstić information content (AvgIpc) is 2.98. The largest absolute Gasteiger partial charge is 0.394 e. The van der Waals surface area contributed by atoms with Crippen molar-refractivity contribution in [1.82, 2.24) is 19.6 Å². The van der Waals surface area contributed by atoms with Crippen LogP contribution in [0, 0.1) is 0 Å². The highest BCUT2D eigenvalue weighted by Crippen LogP contribution is 2.33. The van der Waals surface area contributed by atoms with Crippen molar-refractivity contribution in [3.8, 4) is 0 Å². The monoisotopic (exact) mass is 267 g/mol. The number of nitrogens with zero attached hydrogens (tertiary/aromatic N) is 4. The second-order valence-electron chi connectivity index (χ2n) is 4.71. The molecule has 0 aromatic carbocycles. The number of anilines is 1. The molecule has 1 saturated carbocycles. The van der Waals surface area contributed by atoms with E-state index in [1.165, 1.54) is 6.33 Å². The molecular weight excluding hydrogens is 254 g/mol. The third-order valence-electron chi connectivity index (χ3n) is 3.48. The topological polar surface area (TPSA) is 75.3 Å². The van der Waals surface area contributed by atoms with E-state index in [0.29, 0.717) is 10.9 Å². The minimum atomic E-state index is -0.274. The first-order chi connectivity index (χ1) is 8.72. The highest BCUT2D eigenvalue weighted by Gasteiger charge is 2.33. The molecule has 1 aliphatic rings. The van der Waals surface area contributed by atoms with Gasteiger partial charge >= 0.3 is 0 Å². The van der Waals surface area contributed by atoms with Crippen molar-refractivity contribution < 1.29 is 5.11 Å². The predicted molar refractivity (Wildman–Crippen MR) is 67.7 cm³/mol. The van der Waals surface area contributed by atoms with E-state index in [2.05, 4.69) is 20.4 Å². The number of aromatic nitrogens is 4. The number of hydrogen-bond donors (Lipinski definition) is 2. The lowest BCUT2D eigenvalue weighted by molar-refractivity contribution is 0.213. The van der Waals surface area contributed by atoms with E-state index in [1.807, 2.05) is 0 Å². The Hall–Kier alpha value is -1.40. The maximum atomic E-state index is 9.61. The Morgan fingerprint density at radius 2 is 2.22 bits per heavy atom. The zero-order valence-corrected chi connectivity index (χ0v) is 10.6. The van der Waals surface area contributed by atoms with Crippen LogP contribution < -0.4 is 5.32 Å². The fourth-order valence-corrected chi connectivity index (χ4v) is 2.70. The molecule has 0 atom stereocenters. The number of rotatable bonds is 3. The molecule has 18 heavy (non-hydrogen) atoms. The number of aliphatic hydroxyl groups is 1. The van der Waals surface area contributed by atoms with E-state index >= 15 is 0 Å². The Bertz CT molecular complexity index is 564. The van der Waals surface area contributed by atoms with Gasteiger partial charge in [0.1, 0.15) is 17.3 Å². The molecule has 0 radical (unpaired) electrons. The van der Waals surface area contributed by atoms with Gasteiger partial charge < -0.3 is 10.4 Å². The summed E-state index contributed by atoms with van der Waals surface area (Å²) < 4.78 is 1.60. The SMILES string of the molecule is OCC1(Nc2cc(Cl)nc3ncnn23)CCCC1. The molecule has 0 bridgehead atoms. The van der Waals surface area contributed by atoms with Crippen LogP contribution in [0.5, 0.6) is 0 Å². The van der Waals surface area contributed by atoms with Gasteiger partial charge in [-0.05, 0) is 12.8 Å². The molecule has 96 valence electrons. The van der Waals surface area contributed by atoms with Crippen molar-refractivity contribution in [3.05, 3.63) is 17.5 Å². The van der Waals surface area contributed by atoms with Gasteiger partial charge in [0.05, 0.1) is 12.1 Å². The highest BCUT2D eigenvalue weighted by molar-refractivity contribution is 6.29. The molecule has 2 aromatic rings. The van der Waals surface area contributed by atoms with Crippen molar-refractivity contribution in [2.45, 2.75) is 31.2 Å². The Kier molecular flexibility index (Phi) is 2.83. The number of fused-ring (bicyclic) bond motifs is 1. The van der Waals surface area contributed by atoms with Gasteiger partial charge in [0.2, 0.25) is 0 Å². The lowest BCUT2D eigenvalue weighted by Crippen LogP contribution is -2.39. The van der Waals surface area contributed by atoms with E-state index in [9.17, 15) is 5.11 Å². The number of aliphatic hydroxyl groups excluding tert-OH is 1. The smallest absolute Gasteiger partial charge is 0.255 e. The van der Waals surface area contributed by atoms with E-state index in [0.717, 1.165) is 31.5 Å². The van der Waals surface area contributed by atoms with Crippen LogP contribution in [0.1, 0.15) is 25.7 Å². The zero-order valence-electron chi connectivity index (χ0n) is 9.80. The molecule has 1 fully saturated rings. The number of hydrogen-bond acceptors (Lipinski definition) is 5. The van der Waals surface area contributed by atoms with Crippen LogP contribution in [-0.4, -0.2) is 36.8 Å². The summed E-state index contributed by atoms with van der Waals surface area (Å²) in [6, 6.07) is 1.71. The van der Waals surface area contributed by atoms with Crippen molar-refractivity contribution in [1.29, 1.82) is 0 Å². The Morgan fingerprint density at radius 3 is 2.94 bits per heavy atom. The van der Waals surface area contributed by atoms with Crippen LogP contribution in [0.2, 0.25) is 5.15 Å². The molecule has 7 heteroatoms. The molecule has 0 amide bonds. The fraction of sp³-hybridized carbons (Fsp3) is 0.545. The van der Waals surface area contributed by atoms with Gasteiger partial charge in [0.25, 0.3) is 5.78 Å². The predicted octanol–water partition coefficient (Wildman–Crippen LogP) is 1.49. The average molecular weight is 268 g/mol. The van der Waals surface area contributed by atoms with Gasteiger partial charge in [-0.3, -0.25) is 0 Å². The van der Waals surface area contributed by atoms with E-state index in [-0.39, 0.29) is 12.1 Å². The van der Waals surface area contributed by atoms with E-state index < -0.39 is 0 Å². The van der Waals surface area contributed by atoms with Gasteiger partial charge in [0.15, 0.2) is 0 Å². The minimum absolute atomic E-state index is 0.100. The standard InChI is InChI=1S/C11H14ClN5O/c12-8-5-9(17-10(15-8)13-7-14-17)16-11(6-18)3-1-2-4-11/h5,7,16,18H,1-4,6H2. The van der Waals surface area contributed by atoms with Crippen molar-refractivity contribution in [3.63, 3.8) is 0 Å². The van der Waals surface area contributed by atoms with Crippen LogP contribution in [0.3, 0.4) is 0 Å². The Morgan fingerprint density at radius 1 is 1.44 bits per heavy atom. The molecule has 2 aromatic heterocycles. The normalized spacial score (nSPS) is 18.3. The molecule has 0 aliphatic heterocycles. The van der Waals surface area contributed by atoms with Crippen LogP contribution in [-0.2, 0) is 0 Å². The van der Waals surface area contributed by atoms with Gasteiger partial charge in [-0.25, -0.2) is 0 Å². The van der Waals surface area contributed by atoms with E-state index in [4.69, 9.17) is 11.6 Å². The summed E-state index contributed by atoms with van der Waals surface area (Å²) >= 11 is 5.96. The van der Waals surface area contributed by atoms with Crippen molar-refractivity contribution in [2.24, 2.45) is 0 Å². The quantitative estimate of drug-likeness (QED) is 0.824. The summed E-state index contributed by atoms with van der Waals surface area (Å²) in [4.78, 5) is 8.09. The number of nitrogens with one attached hydrogen (secondary N) is 1. The fourth-order valence-electron chi connectivity index (χ4n) is 2.52. The highest BCUT2D eigenvalue weighted by atomic mass is 35.5. The van der Waals surface area contributed by atoms with Gasteiger partial charge in [-0.1, -0.05) is 24.4 Å². The summed E-state index contributed by atoms with van der Waals surface area (Å²) in [5.74, 6) is 1.18. The minimum Gasteiger partial charge on any atom is -0.394 e. The van der Waals surface area contributed by atoms with Gasteiger partial charge in [-0.2, -0.15) is 19.6 Å². The first-order valence-corrected chi connectivity index (χ1v) is 6.36.